The van der Waals surface area contributed by atoms with E-state index in [4.69, 9.17) is 4.74 Å². The van der Waals surface area contributed by atoms with Gasteiger partial charge in [-0.25, -0.2) is 0 Å². The number of fused-ring (bicyclic) bond motifs is 1. The van der Waals surface area contributed by atoms with Crippen molar-refractivity contribution in [3.63, 3.8) is 0 Å². The Morgan fingerprint density at radius 2 is 1.96 bits per heavy atom. The Hall–Kier alpha value is -1.46. The van der Waals surface area contributed by atoms with Crippen LogP contribution < -0.4 is 0 Å². The Balaban J connectivity index is 1.40. The molecule has 130 valence electrons. The van der Waals surface area contributed by atoms with Gasteiger partial charge in [0.05, 0.1) is 5.69 Å². The van der Waals surface area contributed by atoms with Crippen LogP contribution in [0.5, 0.6) is 0 Å². The minimum Gasteiger partial charge on any atom is -0.381 e. The number of hydrogen-bond donors (Lipinski definition) is 0. The second-order valence-electron chi connectivity index (χ2n) is 7.37. The summed E-state index contributed by atoms with van der Waals surface area (Å²) in [4.78, 5) is 22.3. The first kappa shape index (κ1) is 16.0. The zero-order valence-corrected chi connectivity index (χ0v) is 14.5. The molecule has 0 unspecified atom stereocenters. The maximum Gasteiger partial charge on any atom is 0.226 e. The van der Waals surface area contributed by atoms with Gasteiger partial charge in [0.1, 0.15) is 0 Å². The molecule has 5 heteroatoms. The summed E-state index contributed by atoms with van der Waals surface area (Å²) >= 11 is 0. The summed E-state index contributed by atoms with van der Waals surface area (Å²) in [6.45, 7) is 6.42. The molecule has 0 N–H and O–H groups in total. The molecule has 3 saturated heterocycles. The van der Waals surface area contributed by atoms with Crippen molar-refractivity contribution >= 4 is 5.91 Å². The summed E-state index contributed by atoms with van der Waals surface area (Å²) in [5.41, 5.74) is 2.22. The number of rotatable bonds is 3. The average molecular weight is 329 g/mol. The minimum atomic E-state index is 0.185. The van der Waals surface area contributed by atoms with Crippen molar-refractivity contribution in [2.75, 3.05) is 26.3 Å². The zero-order valence-electron chi connectivity index (χ0n) is 14.5. The van der Waals surface area contributed by atoms with Crippen LogP contribution in [0.3, 0.4) is 0 Å². The number of ether oxygens (including phenoxy) is 1. The van der Waals surface area contributed by atoms with Crippen LogP contribution in [-0.4, -0.2) is 59.1 Å². The number of likely N-dealkylation sites (tertiary alicyclic amines) is 2. The van der Waals surface area contributed by atoms with E-state index in [0.29, 0.717) is 18.0 Å². The van der Waals surface area contributed by atoms with Crippen LogP contribution in [0.1, 0.15) is 37.1 Å². The Kier molecular flexibility index (Phi) is 4.55. The molecule has 0 saturated carbocycles. The summed E-state index contributed by atoms with van der Waals surface area (Å²) in [5.74, 6) is 0.561. The molecule has 1 aromatic heterocycles. The van der Waals surface area contributed by atoms with Gasteiger partial charge in [0, 0.05) is 56.5 Å². The van der Waals surface area contributed by atoms with Gasteiger partial charge in [-0.15, -0.1) is 0 Å². The highest BCUT2D eigenvalue weighted by Gasteiger charge is 2.45. The number of aromatic nitrogens is 1. The van der Waals surface area contributed by atoms with E-state index in [9.17, 15) is 4.79 Å². The predicted octanol–water partition coefficient (Wildman–Crippen LogP) is 1.99. The fourth-order valence-corrected chi connectivity index (χ4v) is 4.62. The van der Waals surface area contributed by atoms with Gasteiger partial charge in [-0.05, 0) is 44.7 Å². The van der Waals surface area contributed by atoms with Crippen molar-refractivity contribution in [3.8, 4) is 0 Å². The summed E-state index contributed by atoms with van der Waals surface area (Å²) in [6.07, 6.45) is 3.99. The molecule has 0 radical (unpaired) electrons. The lowest BCUT2D eigenvalue weighted by Gasteiger charge is -2.30. The van der Waals surface area contributed by atoms with Gasteiger partial charge in [-0.1, -0.05) is 6.07 Å². The van der Waals surface area contributed by atoms with Crippen LogP contribution in [0.15, 0.2) is 18.2 Å². The Morgan fingerprint density at radius 1 is 1.17 bits per heavy atom. The molecule has 24 heavy (non-hydrogen) atoms. The molecule has 1 aromatic rings. The van der Waals surface area contributed by atoms with E-state index in [2.05, 4.69) is 26.9 Å². The lowest BCUT2D eigenvalue weighted by molar-refractivity contribution is -0.139. The standard InChI is InChI=1S/C19H27N3O2/c1-14-3-2-4-16(20-14)13-21-9-5-18-17(21)6-10-22(18)19(23)15-7-11-24-12-8-15/h2-4,15,17-18H,5-13H2,1H3/t17-,18+/m0/s1. The number of carbonyl (C=O) groups excluding carboxylic acids is 1. The second-order valence-corrected chi connectivity index (χ2v) is 7.37. The largest absolute Gasteiger partial charge is 0.381 e. The molecule has 0 aromatic carbocycles. The topological polar surface area (TPSA) is 45.7 Å². The highest BCUT2D eigenvalue weighted by atomic mass is 16.5. The molecule has 0 aliphatic carbocycles. The van der Waals surface area contributed by atoms with Crippen LogP contribution in [0.4, 0.5) is 0 Å². The molecule has 5 nitrogen and oxygen atoms in total. The number of hydrogen-bond acceptors (Lipinski definition) is 4. The average Bonchev–Trinajstić information content (AvgIpc) is 3.18. The third-order valence-electron chi connectivity index (χ3n) is 5.86. The third kappa shape index (κ3) is 3.07. The van der Waals surface area contributed by atoms with Gasteiger partial charge in [0.2, 0.25) is 5.91 Å². The van der Waals surface area contributed by atoms with Crippen molar-refractivity contribution in [3.05, 3.63) is 29.6 Å². The number of amides is 1. The first-order valence-electron chi connectivity index (χ1n) is 9.27. The summed E-state index contributed by atoms with van der Waals surface area (Å²) in [5, 5.41) is 0. The maximum atomic E-state index is 12.9. The molecule has 1 amide bonds. The molecule has 4 rings (SSSR count). The van der Waals surface area contributed by atoms with Crippen LogP contribution in [0.2, 0.25) is 0 Å². The number of pyridine rings is 1. The summed E-state index contributed by atoms with van der Waals surface area (Å²) in [7, 11) is 0. The maximum absolute atomic E-state index is 12.9. The molecule has 3 aliphatic heterocycles. The highest BCUT2D eigenvalue weighted by Crippen LogP contribution is 2.34. The van der Waals surface area contributed by atoms with Crippen molar-refractivity contribution in [1.82, 2.24) is 14.8 Å². The van der Waals surface area contributed by atoms with Crippen molar-refractivity contribution < 1.29 is 9.53 Å². The van der Waals surface area contributed by atoms with Gasteiger partial charge >= 0.3 is 0 Å². The Morgan fingerprint density at radius 3 is 2.75 bits per heavy atom. The fourth-order valence-electron chi connectivity index (χ4n) is 4.62. The van der Waals surface area contributed by atoms with E-state index >= 15 is 0 Å². The second kappa shape index (κ2) is 6.81. The Labute approximate surface area is 144 Å². The molecule has 4 heterocycles. The lowest BCUT2D eigenvalue weighted by Crippen LogP contribution is -2.43. The molecule has 3 fully saturated rings. The van der Waals surface area contributed by atoms with E-state index in [1.807, 2.05) is 13.0 Å². The van der Waals surface area contributed by atoms with Crippen LogP contribution in [0, 0.1) is 12.8 Å². The van der Waals surface area contributed by atoms with Crippen LogP contribution in [-0.2, 0) is 16.1 Å². The van der Waals surface area contributed by atoms with Gasteiger partial charge in [0.15, 0.2) is 0 Å². The van der Waals surface area contributed by atoms with Crippen molar-refractivity contribution in [2.45, 2.75) is 51.2 Å². The molecular weight excluding hydrogens is 302 g/mol. The monoisotopic (exact) mass is 329 g/mol. The van der Waals surface area contributed by atoms with Gasteiger partial charge in [-0.3, -0.25) is 14.7 Å². The van der Waals surface area contributed by atoms with Gasteiger partial charge < -0.3 is 9.64 Å². The minimum absolute atomic E-state index is 0.185. The predicted molar refractivity (Wildman–Crippen MR) is 91.5 cm³/mol. The van der Waals surface area contributed by atoms with Gasteiger partial charge in [-0.2, -0.15) is 0 Å². The molecular formula is C19H27N3O2. The van der Waals surface area contributed by atoms with E-state index < -0.39 is 0 Å². The number of carbonyl (C=O) groups is 1. The van der Waals surface area contributed by atoms with E-state index in [-0.39, 0.29) is 5.92 Å². The molecule has 3 aliphatic rings. The molecule has 0 spiro atoms. The fraction of sp³-hybridized carbons (Fsp3) is 0.684. The zero-order chi connectivity index (χ0) is 16.5. The third-order valence-corrected chi connectivity index (χ3v) is 5.86. The van der Waals surface area contributed by atoms with Crippen LogP contribution in [0.25, 0.3) is 0 Å². The van der Waals surface area contributed by atoms with Crippen molar-refractivity contribution in [2.24, 2.45) is 5.92 Å². The normalized spacial score (nSPS) is 28.3. The summed E-state index contributed by atoms with van der Waals surface area (Å²) in [6, 6.07) is 7.16. The molecule has 2 atom stereocenters. The van der Waals surface area contributed by atoms with Crippen molar-refractivity contribution in [1.29, 1.82) is 0 Å². The number of aryl methyl sites for hydroxylation is 1. The van der Waals surface area contributed by atoms with Crippen LogP contribution >= 0.6 is 0 Å². The SMILES string of the molecule is Cc1cccc(CN2CC[C@@H]3[C@@H]2CCN3C(=O)C2CCOCC2)n1. The quantitative estimate of drug-likeness (QED) is 0.851. The Bertz CT molecular complexity index is 600. The smallest absolute Gasteiger partial charge is 0.226 e. The number of nitrogens with zero attached hydrogens (tertiary/aromatic N) is 3. The lowest BCUT2D eigenvalue weighted by atomic mass is 9.98. The highest BCUT2D eigenvalue weighted by molar-refractivity contribution is 5.79. The van der Waals surface area contributed by atoms with E-state index in [0.717, 1.165) is 69.9 Å². The van der Waals surface area contributed by atoms with E-state index in [1.165, 1.54) is 0 Å². The first-order chi connectivity index (χ1) is 11.7. The first-order valence-corrected chi connectivity index (χ1v) is 9.27. The summed E-state index contributed by atoms with van der Waals surface area (Å²) < 4.78 is 5.41. The molecule has 0 bridgehead atoms. The van der Waals surface area contributed by atoms with Gasteiger partial charge in [0.25, 0.3) is 0 Å². The van der Waals surface area contributed by atoms with E-state index in [1.54, 1.807) is 0 Å².